The van der Waals surface area contributed by atoms with Crippen LogP contribution in [0, 0.1) is 5.41 Å². The summed E-state index contributed by atoms with van der Waals surface area (Å²) < 4.78 is 11.8. The first kappa shape index (κ1) is 21.9. The van der Waals surface area contributed by atoms with E-state index in [0.29, 0.717) is 52.0 Å². The Hall–Kier alpha value is -2.90. The molecular weight excluding hydrogens is 418 g/mol. The average molecular weight is 450 g/mol. The van der Waals surface area contributed by atoms with E-state index in [1.807, 2.05) is 41.3 Å². The van der Waals surface area contributed by atoms with Crippen LogP contribution in [0.25, 0.3) is 0 Å². The molecule has 0 aliphatic carbocycles. The van der Waals surface area contributed by atoms with E-state index in [4.69, 9.17) is 9.47 Å². The van der Waals surface area contributed by atoms with Crippen LogP contribution in [0.15, 0.2) is 48.5 Å². The van der Waals surface area contributed by atoms with Crippen molar-refractivity contribution in [3.63, 3.8) is 0 Å². The summed E-state index contributed by atoms with van der Waals surface area (Å²) in [5.41, 5.74) is 1.64. The minimum absolute atomic E-state index is 0.0248. The topological polar surface area (TPSA) is 79.9 Å². The molecule has 7 heteroatoms. The number of carbonyl (C=O) groups is 2. The Morgan fingerprint density at radius 2 is 1.73 bits per heavy atom. The molecule has 2 saturated heterocycles. The molecule has 4 bridgehead atoms. The molecule has 2 aromatic carbocycles. The Kier molecular flexibility index (Phi) is 6.33. The van der Waals surface area contributed by atoms with Crippen LogP contribution in [0.3, 0.4) is 0 Å². The minimum Gasteiger partial charge on any atom is -0.457 e. The summed E-state index contributed by atoms with van der Waals surface area (Å²) in [6, 6.07) is 16.0. The van der Waals surface area contributed by atoms with Gasteiger partial charge in [-0.1, -0.05) is 24.3 Å². The van der Waals surface area contributed by atoms with Crippen LogP contribution in [0.1, 0.15) is 24.0 Å². The Bertz CT molecular complexity index is 1010. The third kappa shape index (κ3) is 4.89. The maximum atomic E-state index is 13.5. The van der Waals surface area contributed by atoms with E-state index in [1.54, 1.807) is 0 Å². The molecule has 1 atom stereocenters. The van der Waals surface area contributed by atoms with Gasteiger partial charge in [-0.05, 0) is 61.1 Å². The van der Waals surface area contributed by atoms with Crippen molar-refractivity contribution >= 4 is 11.8 Å². The number of hydrogen-bond acceptors (Lipinski definition) is 5. The summed E-state index contributed by atoms with van der Waals surface area (Å²) in [5, 5.41) is 6.41. The van der Waals surface area contributed by atoms with Crippen LogP contribution in [-0.2, 0) is 27.2 Å². The number of carbonyl (C=O) groups excluding carboxylic acids is 2. The Morgan fingerprint density at radius 1 is 1.00 bits per heavy atom. The van der Waals surface area contributed by atoms with E-state index in [9.17, 15) is 9.59 Å². The van der Waals surface area contributed by atoms with Gasteiger partial charge in [-0.3, -0.25) is 9.59 Å². The summed E-state index contributed by atoms with van der Waals surface area (Å²) in [6.07, 6.45) is 2.20. The first-order chi connectivity index (χ1) is 16.1. The highest BCUT2D eigenvalue weighted by molar-refractivity contribution is 5.85. The lowest BCUT2D eigenvalue weighted by Gasteiger charge is -2.42. The predicted octanol–water partition coefficient (Wildman–Crippen LogP) is 2.29. The third-order valence-electron chi connectivity index (χ3n) is 6.99. The van der Waals surface area contributed by atoms with Crippen molar-refractivity contribution in [2.45, 2.75) is 31.8 Å². The largest absolute Gasteiger partial charge is 0.457 e. The van der Waals surface area contributed by atoms with Crippen LogP contribution in [0.5, 0.6) is 11.5 Å². The van der Waals surface area contributed by atoms with Gasteiger partial charge in [-0.2, -0.15) is 0 Å². The van der Waals surface area contributed by atoms with Crippen LogP contribution in [-0.4, -0.2) is 62.1 Å². The fourth-order valence-corrected chi connectivity index (χ4v) is 5.09. The lowest BCUT2D eigenvalue weighted by atomic mass is 9.72. The number of likely N-dealkylation sites (tertiary alicyclic amines) is 1. The standard InChI is InChI=1S/C26H31N3O4/c30-24(23-18-27-11-14-32-23)29-12-8-26(9-13-29)17-20-4-2-6-22(16-20)33-21-5-1-3-19(15-21)7-10-28-25(26)31/h1-6,15-16,23,27H,7-14,17-18H2,(H,28,31). The van der Waals surface area contributed by atoms with Gasteiger partial charge in [0.25, 0.3) is 5.91 Å². The van der Waals surface area contributed by atoms with Gasteiger partial charge in [0, 0.05) is 32.7 Å². The normalized spacial score (nSPS) is 22.8. The zero-order chi connectivity index (χ0) is 22.7. The highest BCUT2D eigenvalue weighted by Gasteiger charge is 2.43. The summed E-state index contributed by atoms with van der Waals surface area (Å²) in [7, 11) is 0. The van der Waals surface area contributed by atoms with Gasteiger partial charge in [-0.25, -0.2) is 0 Å². The second-order valence-corrected chi connectivity index (χ2v) is 9.25. The number of piperidine rings is 1. The highest BCUT2D eigenvalue weighted by Crippen LogP contribution is 2.37. The molecule has 7 nitrogen and oxygen atoms in total. The number of nitrogens with one attached hydrogen (secondary N) is 2. The Morgan fingerprint density at radius 3 is 2.45 bits per heavy atom. The molecule has 0 radical (unpaired) electrons. The molecule has 1 spiro atoms. The zero-order valence-electron chi connectivity index (χ0n) is 18.8. The molecule has 2 amide bonds. The van der Waals surface area contributed by atoms with E-state index in [-0.39, 0.29) is 11.8 Å². The molecule has 0 saturated carbocycles. The van der Waals surface area contributed by atoms with Crippen molar-refractivity contribution in [1.82, 2.24) is 15.5 Å². The van der Waals surface area contributed by atoms with Crippen molar-refractivity contribution in [3.8, 4) is 11.5 Å². The molecule has 2 N–H and O–H groups in total. The number of ether oxygens (including phenoxy) is 2. The first-order valence-corrected chi connectivity index (χ1v) is 11.9. The Labute approximate surface area is 194 Å². The summed E-state index contributed by atoms with van der Waals surface area (Å²) in [4.78, 5) is 28.3. The number of hydrogen-bond donors (Lipinski definition) is 2. The van der Waals surface area contributed by atoms with Crippen molar-refractivity contribution in [2.75, 3.05) is 39.3 Å². The van der Waals surface area contributed by atoms with E-state index < -0.39 is 11.5 Å². The molecule has 3 aliphatic heterocycles. The van der Waals surface area contributed by atoms with Gasteiger partial charge < -0.3 is 25.0 Å². The summed E-state index contributed by atoms with van der Waals surface area (Å²) >= 11 is 0. The molecule has 3 aliphatic rings. The second kappa shape index (κ2) is 9.53. The maximum absolute atomic E-state index is 13.5. The molecule has 33 heavy (non-hydrogen) atoms. The van der Waals surface area contributed by atoms with E-state index in [2.05, 4.69) is 22.8 Å². The third-order valence-corrected chi connectivity index (χ3v) is 6.99. The quantitative estimate of drug-likeness (QED) is 0.698. The number of fused-ring (bicyclic) bond motifs is 4. The molecule has 5 rings (SSSR count). The van der Waals surface area contributed by atoms with Crippen LogP contribution in [0.2, 0.25) is 0 Å². The van der Waals surface area contributed by atoms with Crippen LogP contribution in [0.4, 0.5) is 0 Å². The van der Waals surface area contributed by atoms with Gasteiger partial charge in [0.15, 0.2) is 0 Å². The molecule has 2 aromatic rings. The number of morpholine rings is 1. The monoisotopic (exact) mass is 449 g/mol. The number of amides is 2. The van der Waals surface area contributed by atoms with E-state index in [0.717, 1.165) is 35.6 Å². The summed E-state index contributed by atoms with van der Waals surface area (Å²) in [6.45, 7) is 3.57. The van der Waals surface area contributed by atoms with Crippen molar-refractivity contribution in [1.29, 1.82) is 0 Å². The molecule has 2 fully saturated rings. The predicted molar refractivity (Wildman–Crippen MR) is 124 cm³/mol. The van der Waals surface area contributed by atoms with Crippen LogP contribution >= 0.6 is 0 Å². The smallest absolute Gasteiger partial charge is 0.253 e. The first-order valence-electron chi connectivity index (χ1n) is 11.9. The van der Waals surface area contributed by atoms with Gasteiger partial charge >= 0.3 is 0 Å². The molecular formula is C26H31N3O4. The highest BCUT2D eigenvalue weighted by atomic mass is 16.5. The lowest BCUT2D eigenvalue weighted by molar-refractivity contribution is -0.150. The number of nitrogens with zero attached hydrogens (tertiary/aromatic N) is 1. The number of rotatable bonds is 1. The molecule has 174 valence electrons. The van der Waals surface area contributed by atoms with Crippen LogP contribution < -0.4 is 15.4 Å². The van der Waals surface area contributed by atoms with Crippen molar-refractivity contribution in [2.24, 2.45) is 5.41 Å². The van der Waals surface area contributed by atoms with E-state index in [1.165, 1.54) is 0 Å². The SMILES string of the molecule is O=C(C1CNCCO1)N1CCC2(CC1)Cc1cccc(c1)Oc1cccc(c1)CCNC2=O. The van der Waals surface area contributed by atoms with Crippen molar-refractivity contribution in [3.05, 3.63) is 59.7 Å². The number of benzene rings is 2. The fourth-order valence-electron chi connectivity index (χ4n) is 5.09. The Balaban J connectivity index is 1.36. The van der Waals surface area contributed by atoms with Crippen molar-refractivity contribution < 1.29 is 19.1 Å². The molecule has 1 unspecified atom stereocenters. The second-order valence-electron chi connectivity index (χ2n) is 9.25. The van der Waals surface area contributed by atoms with Gasteiger partial charge in [0.05, 0.1) is 12.0 Å². The maximum Gasteiger partial charge on any atom is 0.253 e. The lowest BCUT2D eigenvalue weighted by Crippen LogP contribution is -2.55. The summed E-state index contributed by atoms with van der Waals surface area (Å²) in [5.74, 6) is 1.67. The minimum atomic E-state index is -0.548. The van der Waals surface area contributed by atoms with Gasteiger partial charge in [0.2, 0.25) is 5.91 Å². The zero-order valence-corrected chi connectivity index (χ0v) is 18.8. The average Bonchev–Trinajstić information content (AvgIpc) is 2.85. The van der Waals surface area contributed by atoms with Gasteiger partial charge in [-0.15, -0.1) is 0 Å². The molecule has 0 aromatic heterocycles. The van der Waals surface area contributed by atoms with Gasteiger partial charge in [0.1, 0.15) is 17.6 Å². The van der Waals surface area contributed by atoms with E-state index >= 15 is 0 Å². The molecule has 3 heterocycles. The fraction of sp³-hybridized carbons (Fsp3) is 0.462.